The third-order valence-electron chi connectivity index (χ3n) is 4.73. The first-order chi connectivity index (χ1) is 13.7. The maximum absolute atomic E-state index is 12.0. The van der Waals surface area contributed by atoms with E-state index >= 15 is 0 Å². The molecule has 2 aromatic carbocycles. The standard InChI is InChI=1S/C24H32O4/c1-2-3-4-5-11-18-27-23(25)14-7-6-8-15-24(26)28-22-17-16-20-12-9-10-13-21(20)19-22/h9-10,12-13,16-17,19H,2-8,11,14-15,18H2,1H3. The molecule has 0 N–H and O–H groups in total. The summed E-state index contributed by atoms with van der Waals surface area (Å²) in [5.41, 5.74) is 0. The van der Waals surface area contributed by atoms with Gasteiger partial charge in [-0.1, -0.05) is 69.4 Å². The molecule has 28 heavy (non-hydrogen) atoms. The topological polar surface area (TPSA) is 52.6 Å². The van der Waals surface area contributed by atoms with Crippen molar-refractivity contribution in [2.24, 2.45) is 0 Å². The first-order valence-electron chi connectivity index (χ1n) is 10.5. The predicted molar refractivity (Wildman–Crippen MR) is 112 cm³/mol. The molecule has 0 fully saturated rings. The van der Waals surface area contributed by atoms with Crippen molar-refractivity contribution >= 4 is 22.7 Å². The molecule has 0 aliphatic rings. The smallest absolute Gasteiger partial charge is 0.311 e. The Balaban J connectivity index is 1.53. The molecule has 0 atom stereocenters. The number of carbonyl (C=O) groups is 2. The average molecular weight is 385 g/mol. The monoisotopic (exact) mass is 384 g/mol. The van der Waals surface area contributed by atoms with Crippen molar-refractivity contribution in [1.29, 1.82) is 0 Å². The van der Waals surface area contributed by atoms with Gasteiger partial charge in [0.05, 0.1) is 6.61 Å². The van der Waals surface area contributed by atoms with Gasteiger partial charge in [-0.15, -0.1) is 0 Å². The zero-order valence-electron chi connectivity index (χ0n) is 17.0. The van der Waals surface area contributed by atoms with Crippen LogP contribution in [0.25, 0.3) is 10.8 Å². The predicted octanol–water partition coefficient (Wildman–Crippen LogP) is 6.21. The highest BCUT2D eigenvalue weighted by molar-refractivity contribution is 5.84. The Bertz CT molecular complexity index is 738. The van der Waals surface area contributed by atoms with Crippen molar-refractivity contribution in [1.82, 2.24) is 0 Å². The average Bonchev–Trinajstić information content (AvgIpc) is 2.70. The first kappa shape index (κ1) is 21.9. The highest BCUT2D eigenvalue weighted by atomic mass is 16.5. The Kier molecular flexibility index (Phi) is 10.1. The summed E-state index contributed by atoms with van der Waals surface area (Å²) >= 11 is 0. The number of hydrogen-bond donors (Lipinski definition) is 0. The van der Waals surface area contributed by atoms with E-state index in [-0.39, 0.29) is 11.9 Å². The molecular weight excluding hydrogens is 352 g/mol. The lowest BCUT2D eigenvalue weighted by Gasteiger charge is -2.06. The summed E-state index contributed by atoms with van der Waals surface area (Å²) in [6.45, 7) is 2.71. The molecule has 0 unspecified atom stereocenters. The number of esters is 2. The maximum atomic E-state index is 12.0. The summed E-state index contributed by atoms with van der Waals surface area (Å²) in [5, 5.41) is 2.17. The van der Waals surface area contributed by atoms with Crippen molar-refractivity contribution in [3.8, 4) is 5.75 Å². The fourth-order valence-corrected chi connectivity index (χ4v) is 3.09. The van der Waals surface area contributed by atoms with E-state index < -0.39 is 0 Å². The number of carbonyl (C=O) groups excluding carboxylic acids is 2. The van der Waals surface area contributed by atoms with Crippen LogP contribution >= 0.6 is 0 Å². The molecule has 0 aliphatic carbocycles. The summed E-state index contributed by atoms with van der Waals surface area (Å²) in [7, 11) is 0. The lowest BCUT2D eigenvalue weighted by molar-refractivity contribution is -0.143. The van der Waals surface area contributed by atoms with E-state index in [0.29, 0.717) is 25.2 Å². The molecule has 0 radical (unpaired) electrons. The van der Waals surface area contributed by atoms with Crippen LogP contribution in [-0.4, -0.2) is 18.5 Å². The van der Waals surface area contributed by atoms with Gasteiger partial charge in [-0.2, -0.15) is 0 Å². The van der Waals surface area contributed by atoms with Crippen LogP contribution in [0.2, 0.25) is 0 Å². The van der Waals surface area contributed by atoms with Crippen LogP contribution in [-0.2, 0) is 14.3 Å². The van der Waals surface area contributed by atoms with E-state index in [4.69, 9.17) is 9.47 Å². The molecule has 4 heteroatoms. The lowest BCUT2D eigenvalue weighted by atomic mass is 10.1. The number of hydrogen-bond acceptors (Lipinski definition) is 4. The second-order valence-corrected chi connectivity index (χ2v) is 7.18. The van der Waals surface area contributed by atoms with Crippen molar-refractivity contribution in [3.05, 3.63) is 42.5 Å². The molecule has 2 aromatic rings. The van der Waals surface area contributed by atoms with E-state index in [9.17, 15) is 9.59 Å². The molecule has 0 amide bonds. The quantitative estimate of drug-likeness (QED) is 0.234. The molecule has 2 rings (SSSR count). The summed E-state index contributed by atoms with van der Waals surface area (Å²) < 4.78 is 10.6. The largest absolute Gasteiger partial charge is 0.466 e. The number of ether oxygens (including phenoxy) is 2. The molecule has 0 aromatic heterocycles. The van der Waals surface area contributed by atoms with E-state index in [0.717, 1.165) is 42.9 Å². The molecule has 4 nitrogen and oxygen atoms in total. The second-order valence-electron chi connectivity index (χ2n) is 7.18. The third kappa shape index (κ3) is 8.55. The SMILES string of the molecule is CCCCCCCOC(=O)CCCCCC(=O)Oc1ccc2ccccc2c1. The molecule has 0 aliphatic heterocycles. The Hall–Kier alpha value is -2.36. The van der Waals surface area contributed by atoms with E-state index in [1.54, 1.807) is 0 Å². The van der Waals surface area contributed by atoms with Gasteiger partial charge < -0.3 is 9.47 Å². The Morgan fingerprint density at radius 2 is 1.43 bits per heavy atom. The van der Waals surface area contributed by atoms with Crippen LogP contribution in [0.4, 0.5) is 0 Å². The summed E-state index contributed by atoms with van der Waals surface area (Å²) in [4.78, 5) is 23.6. The van der Waals surface area contributed by atoms with Gasteiger partial charge in [0.1, 0.15) is 5.75 Å². The zero-order valence-corrected chi connectivity index (χ0v) is 17.0. The Morgan fingerprint density at radius 3 is 2.21 bits per heavy atom. The van der Waals surface area contributed by atoms with Gasteiger partial charge >= 0.3 is 11.9 Å². The summed E-state index contributed by atoms with van der Waals surface area (Å²) in [6, 6.07) is 13.6. The van der Waals surface area contributed by atoms with Gasteiger partial charge in [-0.05, 0) is 42.2 Å². The molecule has 0 saturated carbocycles. The molecule has 0 spiro atoms. The maximum Gasteiger partial charge on any atom is 0.311 e. The van der Waals surface area contributed by atoms with Crippen molar-refractivity contribution < 1.29 is 19.1 Å². The van der Waals surface area contributed by atoms with Crippen LogP contribution in [0.3, 0.4) is 0 Å². The van der Waals surface area contributed by atoms with Crippen LogP contribution in [0.1, 0.15) is 71.1 Å². The molecule has 0 saturated heterocycles. The molecular formula is C24H32O4. The Morgan fingerprint density at radius 1 is 0.750 bits per heavy atom. The minimum atomic E-state index is -0.232. The van der Waals surface area contributed by atoms with Gasteiger partial charge in [-0.3, -0.25) is 9.59 Å². The van der Waals surface area contributed by atoms with Crippen LogP contribution in [0.5, 0.6) is 5.75 Å². The van der Waals surface area contributed by atoms with E-state index in [1.807, 2.05) is 42.5 Å². The third-order valence-corrected chi connectivity index (χ3v) is 4.73. The summed E-state index contributed by atoms with van der Waals surface area (Å²) in [5.74, 6) is 0.213. The number of unbranched alkanes of at least 4 members (excludes halogenated alkanes) is 6. The van der Waals surface area contributed by atoms with Crippen LogP contribution < -0.4 is 4.74 Å². The van der Waals surface area contributed by atoms with Gasteiger partial charge in [0.15, 0.2) is 0 Å². The second kappa shape index (κ2) is 12.9. The minimum absolute atomic E-state index is 0.130. The van der Waals surface area contributed by atoms with Crippen molar-refractivity contribution in [3.63, 3.8) is 0 Å². The normalized spacial score (nSPS) is 10.8. The van der Waals surface area contributed by atoms with E-state index in [1.165, 1.54) is 19.3 Å². The highest BCUT2D eigenvalue weighted by Crippen LogP contribution is 2.21. The Labute approximate surface area is 168 Å². The zero-order chi connectivity index (χ0) is 20.0. The van der Waals surface area contributed by atoms with Crippen LogP contribution in [0, 0.1) is 0 Å². The van der Waals surface area contributed by atoms with Gasteiger partial charge in [0.2, 0.25) is 0 Å². The van der Waals surface area contributed by atoms with Crippen molar-refractivity contribution in [2.45, 2.75) is 71.1 Å². The number of benzene rings is 2. The molecule has 0 bridgehead atoms. The van der Waals surface area contributed by atoms with Crippen molar-refractivity contribution in [2.75, 3.05) is 6.61 Å². The molecule has 0 heterocycles. The molecule has 152 valence electrons. The minimum Gasteiger partial charge on any atom is -0.466 e. The summed E-state index contributed by atoms with van der Waals surface area (Å²) in [6.07, 6.45) is 8.82. The highest BCUT2D eigenvalue weighted by Gasteiger charge is 2.07. The van der Waals surface area contributed by atoms with Gasteiger partial charge in [0, 0.05) is 12.8 Å². The van der Waals surface area contributed by atoms with Crippen LogP contribution in [0.15, 0.2) is 42.5 Å². The fourth-order valence-electron chi connectivity index (χ4n) is 3.09. The van der Waals surface area contributed by atoms with Gasteiger partial charge in [-0.25, -0.2) is 0 Å². The fraction of sp³-hybridized carbons (Fsp3) is 0.500. The lowest BCUT2D eigenvalue weighted by Crippen LogP contribution is -2.08. The van der Waals surface area contributed by atoms with Gasteiger partial charge in [0.25, 0.3) is 0 Å². The number of rotatable bonds is 13. The van der Waals surface area contributed by atoms with E-state index in [2.05, 4.69) is 6.92 Å². The first-order valence-corrected chi connectivity index (χ1v) is 10.5. The number of fused-ring (bicyclic) bond motifs is 1.